The lowest BCUT2D eigenvalue weighted by Crippen LogP contribution is -2.32. The van der Waals surface area contributed by atoms with E-state index in [1.807, 2.05) is 30.3 Å². The van der Waals surface area contributed by atoms with E-state index in [4.69, 9.17) is 5.11 Å². The molecule has 2 rings (SSSR count). The first-order chi connectivity index (χ1) is 12.6. The quantitative estimate of drug-likeness (QED) is 0.366. The van der Waals surface area contributed by atoms with E-state index in [1.165, 1.54) is 12.1 Å². The van der Waals surface area contributed by atoms with Crippen LogP contribution in [0.25, 0.3) is 0 Å². The molecule has 0 heterocycles. The molecule has 0 amide bonds. The van der Waals surface area contributed by atoms with Crippen LogP contribution in [0.3, 0.4) is 0 Å². The number of benzene rings is 2. The molecule has 0 aliphatic carbocycles. The molecule has 26 heavy (non-hydrogen) atoms. The van der Waals surface area contributed by atoms with Gasteiger partial charge in [-0.15, -0.1) is 0 Å². The Labute approximate surface area is 153 Å². The largest absolute Gasteiger partial charge is 0.396 e. The Kier molecular flexibility index (Phi) is 8.21. The van der Waals surface area contributed by atoms with Crippen molar-refractivity contribution in [1.82, 2.24) is 4.90 Å². The smallest absolute Gasteiger partial charge is 0.269 e. The van der Waals surface area contributed by atoms with Gasteiger partial charge in [0.1, 0.15) is 0 Å². The first-order valence-corrected chi connectivity index (χ1v) is 8.89. The maximum absolute atomic E-state index is 10.7. The lowest BCUT2D eigenvalue weighted by Gasteiger charge is -2.25. The summed E-state index contributed by atoms with van der Waals surface area (Å²) in [6.07, 6.45) is 1.77. The minimum Gasteiger partial charge on any atom is -0.396 e. The van der Waals surface area contributed by atoms with Crippen molar-refractivity contribution in [2.45, 2.75) is 25.4 Å². The van der Waals surface area contributed by atoms with E-state index >= 15 is 0 Å². The van der Waals surface area contributed by atoms with Crippen LogP contribution in [0.5, 0.6) is 0 Å². The zero-order chi connectivity index (χ0) is 18.8. The molecule has 0 bridgehead atoms. The molecule has 0 radical (unpaired) electrons. The Hall–Kier alpha value is -2.28. The molecule has 0 fully saturated rings. The van der Waals surface area contributed by atoms with Gasteiger partial charge in [-0.25, -0.2) is 0 Å². The van der Waals surface area contributed by atoms with Gasteiger partial charge in [-0.3, -0.25) is 10.1 Å². The second kappa shape index (κ2) is 10.7. The SMILES string of the molecule is O=[N+]([O-])c1ccc(CCN(CCCCO)CC(O)c2ccccc2)cc1. The standard InChI is InChI=1S/C20H26N2O4/c23-15-5-4-13-21(16-20(24)18-6-2-1-3-7-18)14-12-17-8-10-19(11-9-17)22(25)26/h1-3,6-11,20,23-24H,4-5,12-16H2. The van der Waals surface area contributed by atoms with Crippen LogP contribution in [0.2, 0.25) is 0 Å². The Morgan fingerprint density at radius 1 is 1.00 bits per heavy atom. The fourth-order valence-corrected chi connectivity index (χ4v) is 2.84. The summed E-state index contributed by atoms with van der Waals surface area (Å²) in [5.41, 5.74) is 2.00. The third-order valence-electron chi connectivity index (χ3n) is 4.36. The van der Waals surface area contributed by atoms with Crippen molar-refractivity contribution in [2.24, 2.45) is 0 Å². The van der Waals surface area contributed by atoms with E-state index in [0.717, 1.165) is 43.5 Å². The van der Waals surface area contributed by atoms with Gasteiger partial charge in [-0.2, -0.15) is 0 Å². The fourth-order valence-electron chi connectivity index (χ4n) is 2.84. The second-order valence-electron chi connectivity index (χ2n) is 6.33. The number of nitrogens with zero attached hydrogens (tertiary/aromatic N) is 2. The Morgan fingerprint density at radius 3 is 2.31 bits per heavy atom. The van der Waals surface area contributed by atoms with Crippen LogP contribution in [0.4, 0.5) is 5.69 Å². The molecule has 0 aliphatic rings. The van der Waals surface area contributed by atoms with Gasteiger partial charge in [0.25, 0.3) is 5.69 Å². The van der Waals surface area contributed by atoms with Gasteiger partial charge in [0.15, 0.2) is 0 Å². The molecule has 0 saturated carbocycles. The Morgan fingerprint density at radius 2 is 1.69 bits per heavy atom. The summed E-state index contributed by atoms with van der Waals surface area (Å²) in [5, 5.41) is 30.2. The predicted octanol–water partition coefficient (Wildman–Crippen LogP) is 2.95. The molecule has 6 heteroatoms. The van der Waals surface area contributed by atoms with Crippen molar-refractivity contribution in [1.29, 1.82) is 0 Å². The number of aliphatic hydroxyl groups is 2. The molecule has 6 nitrogen and oxygen atoms in total. The normalized spacial score (nSPS) is 12.3. The summed E-state index contributed by atoms with van der Waals surface area (Å²) < 4.78 is 0. The lowest BCUT2D eigenvalue weighted by atomic mass is 10.1. The summed E-state index contributed by atoms with van der Waals surface area (Å²) in [6, 6.07) is 16.1. The zero-order valence-corrected chi connectivity index (χ0v) is 14.8. The number of nitro benzene ring substituents is 1. The van der Waals surface area contributed by atoms with Gasteiger partial charge >= 0.3 is 0 Å². The van der Waals surface area contributed by atoms with Gasteiger partial charge in [0.2, 0.25) is 0 Å². The van der Waals surface area contributed by atoms with E-state index in [9.17, 15) is 15.2 Å². The minimum absolute atomic E-state index is 0.0908. The fraction of sp³-hybridized carbons (Fsp3) is 0.400. The van der Waals surface area contributed by atoms with Crippen molar-refractivity contribution in [3.8, 4) is 0 Å². The highest BCUT2D eigenvalue weighted by molar-refractivity contribution is 5.33. The van der Waals surface area contributed by atoms with Crippen molar-refractivity contribution < 1.29 is 15.1 Å². The van der Waals surface area contributed by atoms with E-state index < -0.39 is 11.0 Å². The van der Waals surface area contributed by atoms with Crippen LogP contribution in [0.15, 0.2) is 54.6 Å². The van der Waals surface area contributed by atoms with Crippen LogP contribution >= 0.6 is 0 Å². The average molecular weight is 358 g/mol. The van der Waals surface area contributed by atoms with E-state index in [0.29, 0.717) is 6.54 Å². The Bertz CT molecular complexity index is 661. The van der Waals surface area contributed by atoms with Crippen LogP contribution in [0.1, 0.15) is 30.1 Å². The number of non-ortho nitro benzene ring substituents is 1. The molecule has 140 valence electrons. The molecule has 0 aliphatic heterocycles. The topological polar surface area (TPSA) is 86.8 Å². The summed E-state index contributed by atoms with van der Waals surface area (Å²) in [7, 11) is 0. The summed E-state index contributed by atoms with van der Waals surface area (Å²) in [4.78, 5) is 12.5. The molecule has 0 saturated heterocycles. The minimum atomic E-state index is -0.567. The molecule has 0 spiro atoms. The molecular weight excluding hydrogens is 332 g/mol. The first kappa shape index (κ1) is 20.0. The second-order valence-corrected chi connectivity index (χ2v) is 6.33. The van der Waals surface area contributed by atoms with Gasteiger partial charge in [0.05, 0.1) is 11.0 Å². The summed E-state index contributed by atoms with van der Waals surface area (Å²) in [6.45, 7) is 2.21. The highest BCUT2D eigenvalue weighted by atomic mass is 16.6. The van der Waals surface area contributed by atoms with Gasteiger partial charge in [-0.1, -0.05) is 42.5 Å². The lowest BCUT2D eigenvalue weighted by molar-refractivity contribution is -0.384. The number of hydrogen-bond acceptors (Lipinski definition) is 5. The molecule has 2 aromatic rings. The monoisotopic (exact) mass is 358 g/mol. The highest BCUT2D eigenvalue weighted by Gasteiger charge is 2.14. The molecule has 2 aromatic carbocycles. The molecule has 0 aromatic heterocycles. The number of aliphatic hydroxyl groups excluding tert-OH is 2. The van der Waals surface area contributed by atoms with Crippen molar-refractivity contribution in [2.75, 3.05) is 26.2 Å². The van der Waals surface area contributed by atoms with Crippen molar-refractivity contribution >= 4 is 5.69 Å². The average Bonchev–Trinajstić information content (AvgIpc) is 2.67. The molecule has 2 N–H and O–H groups in total. The number of nitro groups is 1. The van der Waals surface area contributed by atoms with E-state index in [-0.39, 0.29) is 12.3 Å². The van der Waals surface area contributed by atoms with Crippen molar-refractivity contribution in [3.63, 3.8) is 0 Å². The third-order valence-corrected chi connectivity index (χ3v) is 4.36. The molecule has 1 atom stereocenters. The van der Waals surface area contributed by atoms with Crippen LogP contribution in [-0.4, -0.2) is 46.3 Å². The summed E-state index contributed by atoms with van der Waals surface area (Å²) in [5.74, 6) is 0. The zero-order valence-electron chi connectivity index (χ0n) is 14.8. The van der Waals surface area contributed by atoms with E-state index in [2.05, 4.69) is 4.90 Å². The van der Waals surface area contributed by atoms with Crippen molar-refractivity contribution in [3.05, 3.63) is 75.8 Å². The van der Waals surface area contributed by atoms with E-state index in [1.54, 1.807) is 12.1 Å². The number of rotatable bonds is 11. The van der Waals surface area contributed by atoms with Gasteiger partial charge < -0.3 is 15.1 Å². The number of unbranched alkanes of at least 4 members (excludes halogenated alkanes) is 1. The molecule has 1 unspecified atom stereocenters. The van der Waals surface area contributed by atoms with Crippen LogP contribution in [-0.2, 0) is 6.42 Å². The van der Waals surface area contributed by atoms with Crippen LogP contribution < -0.4 is 0 Å². The predicted molar refractivity (Wildman–Crippen MR) is 101 cm³/mol. The molecular formula is C20H26N2O4. The first-order valence-electron chi connectivity index (χ1n) is 8.89. The Balaban J connectivity index is 1.94. The maximum Gasteiger partial charge on any atom is 0.269 e. The maximum atomic E-state index is 10.7. The van der Waals surface area contributed by atoms with Crippen LogP contribution in [0, 0.1) is 10.1 Å². The van der Waals surface area contributed by atoms with Gasteiger partial charge in [0, 0.05) is 31.8 Å². The number of hydrogen-bond donors (Lipinski definition) is 2. The third kappa shape index (κ3) is 6.55. The summed E-state index contributed by atoms with van der Waals surface area (Å²) >= 11 is 0. The highest BCUT2D eigenvalue weighted by Crippen LogP contribution is 2.16. The van der Waals surface area contributed by atoms with Gasteiger partial charge in [-0.05, 0) is 36.9 Å².